The molecule has 0 fully saturated rings. The maximum Gasteiger partial charge on any atom is 0.149 e. The van der Waals surface area contributed by atoms with Crippen molar-refractivity contribution in [1.82, 2.24) is 14.5 Å². The lowest BCUT2D eigenvalue weighted by Crippen LogP contribution is -2.17. The Morgan fingerprint density at radius 1 is 0.574 bits per heavy atom. The van der Waals surface area contributed by atoms with E-state index in [1.165, 1.54) is 0 Å². The molecule has 350 valence electrons. The van der Waals surface area contributed by atoms with Crippen LogP contribution in [0.4, 0.5) is 0 Å². The van der Waals surface area contributed by atoms with E-state index >= 15 is 0 Å². The summed E-state index contributed by atoms with van der Waals surface area (Å²) in [6.07, 6.45) is 1.85. The number of nitrogens with zero attached hydrogens (tertiary/aromatic N) is 3. The molecule has 0 aliphatic heterocycles. The summed E-state index contributed by atoms with van der Waals surface area (Å²) in [5, 5.41) is 12.6. The normalized spacial score (nSPS) is 14.1. The standard InChI is InChI=1S/C64H73N3O/c1-38(2)42-23-25-43(26-24-42)44-29-30-65-55(35-44)47-32-46(33-48(34-47)62(8,9)10)52-21-18-22-57-59(52)66-61(53-36-49(63(11,12)13)37-54(60(53)68)64(14,15)16)67(57)56-28-27-45(31-41(56)7)58-50(39(3)4)19-17-20-51(58)40(5)6/h17-40,68H,1-16H3/i7D3,38D,39D. The first-order valence-corrected chi connectivity index (χ1v) is 24.2. The molecule has 0 saturated carbocycles. The molecule has 6 aromatic carbocycles. The molecule has 0 amide bonds. The maximum absolute atomic E-state index is 12.6. The highest BCUT2D eigenvalue weighted by molar-refractivity contribution is 5.97. The van der Waals surface area contributed by atoms with Crippen LogP contribution in [0.2, 0.25) is 0 Å². The van der Waals surface area contributed by atoms with Gasteiger partial charge in [0.2, 0.25) is 0 Å². The van der Waals surface area contributed by atoms with Gasteiger partial charge in [0.05, 0.1) is 28.0 Å². The molecule has 8 aromatic rings. The van der Waals surface area contributed by atoms with Gasteiger partial charge in [-0.25, -0.2) is 4.98 Å². The van der Waals surface area contributed by atoms with Gasteiger partial charge in [0, 0.05) is 29.7 Å². The molecule has 0 bridgehead atoms. The first-order valence-electron chi connectivity index (χ1n) is 26.7. The summed E-state index contributed by atoms with van der Waals surface area (Å²) in [6, 6.07) is 40.8. The second-order valence-electron chi connectivity index (χ2n) is 22.6. The molecule has 0 atom stereocenters. The molecule has 68 heavy (non-hydrogen) atoms. The van der Waals surface area contributed by atoms with Gasteiger partial charge in [-0.15, -0.1) is 0 Å². The first kappa shape index (κ1) is 41.9. The zero-order valence-corrected chi connectivity index (χ0v) is 43.0. The number of para-hydroxylation sites is 1. The van der Waals surface area contributed by atoms with Crippen molar-refractivity contribution in [3.63, 3.8) is 0 Å². The molecule has 8 rings (SSSR count). The summed E-state index contributed by atoms with van der Waals surface area (Å²) < 4.78 is 47.3. The molecular formula is C64H73N3O. The predicted octanol–water partition coefficient (Wildman–Crippen LogP) is 18.0. The van der Waals surface area contributed by atoms with Crippen molar-refractivity contribution in [3.8, 4) is 67.5 Å². The minimum absolute atomic E-state index is 0.0971. The summed E-state index contributed by atoms with van der Waals surface area (Å²) in [5.41, 5.74) is 14.3. The van der Waals surface area contributed by atoms with E-state index in [0.29, 0.717) is 28.1 Å². The van der Waals surface area contributed by atoms with Crippen molar-refractivity contribution in [2.75, 3.05) is 0 Å². The topological polar surface area (TPSA) is 50.9 Å². The lowest BCUT2D eigenvalue weighted by atomic mass is 9.79. The van der Waals surface area contributed by atoms with Crippen LogP contribution < -0.4 is 0 Å². The van der Waals surface area contributed by atoms with E-state index in [1.807, 2.05) is 99.1 Å². The molecule has 0 radical (unpaired) electrons. The summed E-state index contributed by atoms with van der Waals surface area (Å²) in [5.74, 6) is -1.03. The molecule has 0 saturated heterocycles. The van der Waals surface area contributed by atoms with Gasteiger partial charge in [0.25, 0.3) is 0 Å². The fourth-order valence-corrected chi connectivity index (χ4v) is 9.37. The third-order valence-electron chi connectivity index (χ3n) is 13.5. The zero-order valence-electron chi connectivity index (χ0n) is 48.0. The fraction of sp³-hybridized carbons (Fsp3) is 0.344. The number of rotatable bonds is 9. The highest BCUT2D eigenvalue weighted by Crippen LogP contribution is 2.46. The molecule has 4 nitrogen and oxygen atoms in total. The quantitative estimate of drug-likeness (QED) is 0.157. The van der Waals surface area contributed by atoms with Crippen LogP contribution in [0.25, 0.3) is 72.7 Å². The molecule has 0 spiro atoms. The number of benzene rings is 6. The van der Waals surface area contributed by atoms with Crippen LogP contribution >= 0.6 is 0 Å². The van der Waals surface area contributed by atoms with Crippen LogP contribution in [0, 0.1) is 6.85 Å². The zero-order chi connectivity index (χ0) is 53.5. The highest BCUT2D eigenvalue weighted by Gasteiger charge is 2.30. The number of aryl methyl sites for hydroxylation is 1. The van der Waals surface area contributed by atoms with Gasteiger partial charge >= 0.3 is 0 Å². The van der Waals surface area contributed by atoms with Crippen LogP contribution in [0.15, 0.2) is 128 Å². The summed E-state index contributed by atoms with van der Waals surface area (Å²) in [7, 11) is 0. The van der Waals surface area contributed by atoms with E-state index in [1.54, 1.807) is 6.07 Å². The third-order valence-corrected chi connectivity index (χ3v) is 13.5. The van der Waals surface area contributed by atoms with E-state index in [9.17, 15) is 10.6 Å². The average Bonchev–Trinajstić information content (AvgIpc) is 3.68. The summed E-state index contributed by atoms with van der Waals surface area (Å²) in [6.45, 7) is 28.5. The van der Waals surface area contributed by atoms with E-state index in [0.717, 1.165) is 78.0 Å². The smallest absolute Gasteiger partial charge is 0.149 e. The third kappa shape index (κ3) is 9.32. The molecule has 2 aromatic heterocycles. The van der Waals surface area contributed by atoms with Crippen molar-refractivity contribution in [1.29, 1.82) is 0 Å². The van der Waals surface area contributed by atoms with Crippen molar-refractivity contribution in [2.45, 2.75) is 145 Å². The Kier molecular flexibility index (Phi) is 11.1. The van der Waals surface area contributed by atoms with Crippen LogP contribution in [-0.4, -0.2) is 19.6 Å². The molecule has 0 aliphatic rings. The van der Waals surface area contributed by atoms with Gasteiger partial charge in [-0.2, -0.15) is 0 Å². The number of aromatic nitrogens is 3. The maximum atomic E-state index is 12.6. The lowest BCUT2D eigenvalue weighted by Gasteiger charge is -2.27. The Labute approximate surface area is 414 Å². The Morgan fingerprint density at radius 2 is 1.22 bits per heavy atom. The van der Waals surface area contributed by atoms with Crippen LogP contribution in [0.3, 0.4) is 0 Å². The van der Waals surface area contributed by atoms with Crippen molar-refractivity contribution < 1.29 is 12.0 Å². The number of phenols is 1. The van der Waals surface area contributed by atoms with Gasteiger partial charge in [0.15, 0.2) is 0 Å². The minimum Gasteiger partial charge on any atom is -0.507 e. The monoisotopic (exact) mass is 905 g/mol. The lowest BCUT2D eigenvalue weighted by molar-refractivity contribution is 0.446. The van der Waals surface area contributed by atoms with E-state index in [2.05, 4.69) is 131 Å². The molecular weight excluding hydrogens is 827 g/mol. The minimum atomic E-state index is -2.58. The number of phenolic OH excluding ortho intramolecular Hbond substituents is 1. The van der Waals surface area contributed by atoms with Gasteiger partial charge in [-0.1, -0.05) is 177 Å². The van der Waals surface area contributed by atoms with Crippen LogP contribution in [0.1, 0.15) is 167 Å². The van der Waals surface area contributed by atoms with E-state index in [-0.39, 0.29) is 28.1 Å². The van der Waals surface area contributed by atoms with Crippen molar-refractivity contribution in [3.05, 3.63) is 166 Å². The van der Waals surface area contributed by atoms with Gasteiger partial charge in [0.1, 0.15) is 11.6 Å². The molecule has 0 unspecified atom stereocenters. The van der Waals surface area contributed by atoms with Crippen LogP contribution in [0.5, 0.6) is 5.75 Å². The van der Waals surface area contributed by atoms with E-state index < -0.39 is 24.1 Å². The van der Waals surface area contributed by atoms with Crippen molar-refractivity contribution >= 4 is 11.0 Å². The molecule has 0 aliphatic carbocycles. The van der Waals surface area contributed by atoms with E-state index in [4.69, 9.17) is 11.3 Å². The fourth-order valence-electron chi connectivity index (χ4n) is 9.37. The summed E-state index contributed by atoms with van der Waals surface area (Å²) in [4.78, 5) is 10.5. The van der Waals surface area contributed by atoms with Gasteiger partial charge in [-0.3, -0.25) is 9.55 Å². The number of aromatic hydroxyl groups is 1. The number of hydrogen-bond donors (Lipinski definition) is 1. The van der Waals surface area contributed by atoms with Crippen molar-refractivity contribution in [2.24, 2.45) is 0 Å². The molecule has 1 N–H and O–H groups in total. The second-order valence-corrected chi connectivity index (χ2v) is 22.6. The Hall–Kier alpha value is -6.26. The van der Waals surface area contributed by atoms with Crippen LogP contribution in [-0.2, 0) is 16.2 Å². The Bertz CT molecular complexity index is 3380. The Balaban J connectivity index is 1.44. The molecule has 2 heterocycles. The number of imidazole rings is 1. The Morgan fingerprint density at radius 3 is 1.85 bits per heavy atom. The molecule has 4 heteroatoms. The second kappa shape index (κ2) is 18.0. The summed E-state index contributed by atoms with van der Waals surface area (Å²) >= 11 is 0. The highest BCUT2D eigenvalue weighted by atomic mass is 16.3. The van der Waals surface area contributed by atoms with Gasteiger partial charge < -0.3 is 5.11 Å². The average molecular weight is 905 g/mol. The van der Waals surface area contributed by atoms with Gasteiger partial charge in [-0.05, 0) is 151 Å². The SMILES string of the molecule is [2H]C([2H])([2H])c1cc(-c2c(C(C)C)cccc2C([2H])(C)C)ccc1-n1c(-c2cc(C(C)(C)C)cc(C(C)(C)C)c2O)nc2c(-c3cc(-c4cc(-c5ccc(C([2H])(C)C)cc5)ccn4)cc(C(C)(C)C)c3)cccc21. The number of pyridine rings is 1. The predicted molar refractivity (Wildman–Crippen MR) is 291 cm³/mol. The number of hydrogen-bond acceptors (Lipinski definition) is 3. The first-order chi connectivity index (χ1) is 33.7. The number of fused-ring (bicyclic) bond motifs is 1. The largest absolute Gasteiger partial charge is 0.507 e.